The zero-order valence-corrected chi connectivity index (χ0v) is 14.0. The minimum Gasteiger partial charge on any atom is -0.376 e. The summed E-state index contributed by atoms with van der Waals surface area (Å²) in [4.78, 5) is 13.8. The Balaban J connectivity index is 1.71. The van der Waals surface area contributed by atoms with Gasteiger partial charge in [-0.3, -0.25) is 4.79 Å². The molecule has 122 valence electrons. The fourth-order valence-electron chi connectivity index (χ4n) is 1.93. The molecule has 0 spiro atoms. The van der Waals surface area contributed by atoms with Gasteiger partial charge in [-0.1, -0.05) is 23.7 Å². The number of aromatic nitrogens is 2. The van der Waals surface area contributed by atoms with E-state index < -0.39 is 0 Å². The predicted molar refractivity (Wildman–Crippen MR) is 93.0 cm³/mol. The van der Waals surface area contributed by atoms with Crippen LogP contribution in [-0.2, 0) is 11.2 Å². The van der Waals surface area contributed by atoms with Crippen LogP contribution in [0.1, 0.15) is 5.56 Å². The Morgan fingerprint density at radius 2 is 1.96 bits per heavy atom. The van der Waals surface area contributed by atoms with E-state index in [2.05, 4.69) is 20.8 Å². The summed E-state index contributed by atoms with van der Waals surface area (Å²) in [6, 6.07) is 9.16. The van der Waals surface area contributed by atoms with E-state index in [0.29, 0.717) is 30.4 Å². The van der Waals surface area contributed by atoms with E-state index in [1.807, 2.05) is 37.2 Å². The molecular weight excluding hydrogens is 314 g/mol. The summed E-state index contributed by atoms with van der Waals surface area (Å²) < 4.78 is 0. The molecule has 6 nitrogen and oxygen atoms in total. The lowest BCUT2D eigenvalue weighted by atomic mass is 10.1. The number of benzene rings is 1. The third kappa shape index (κ3) is 5.75. The number of hydrogen-bond acceptors (Lipinski definition) is 5. The minimum absolute atomic E-state index is 0.0257. The standard InChI is InChI=1S/C16H20ClN5O/c1-22(2)14-10-15(21-20-11-14)18-7-8-19-16(23)9-12-3-5-13(17)6-4-12/h3-6,10-11H,7-9H2,1-2H3,(H,18,21)(H,19,23). The number of carbonyl (C=O) groups is 1. The number of anilines is 2. The van der Waals surface area contributed by atoms with Gasteiger partial charge in [-0.15, -0.1) is 5.10 Å². The fraction of sp³-hybridized carbons (Fsp3) is 0.312. The normalized spacial score (nSPS) is 10.2. The van der Waals surface area contributed by atoms with E-state index in [4.69, 9.17) is 11.6 Å². The Kier molecular flexibility index (Phi) is 6.17. The highest BCUT2D eigenvalue weighted by Crippen LogP contribution is 2.12. The van der Waals surface area contributed by atoms with Crippen LogP contribution >= 0.6 is 11.6 Å². The lowest BCUT2D eigenvalue weighted by Gasteiger charge is -2.13. The van der Waals surface area contributed by atoms with Gasteiger partial charge in [-0.25, -0.2) is 0 Å². The first kappa shape index (κ1) is 17.0. The largest absolute Gasteiger partial charge is 0.376 e. The zero-order valence-electron chi connectivity index (χ0n) is 13.2. The molecule has 1 heterocycles. The second kappa shape index (κ2) is 8.33. The van der Waals surface area contributed by atoms with Crippen LogP contribution in [0.5, 0.6) is 0 Å². The first-order chi connectivity index (χ1) is 11.0. The highest BCUT2D eigenvalue weighted by molar-refractivity contribution is 6.30. The third-order valence-electron chi connectivity index (χ3n) is 3.19. The van der Waals surface area contributed by atoms with Crippen molar-refractivity contribution in [1.82, 2.24) is 15.5 Å². The van der Waals surface area contributed by atoms with Crippen molar-refractivity contribution >= 4 is 29.0 Å². The smallest absolute Gasteiger partial charge is 0.224 e. The Labute approximate surface area is 140 Å². The second-order valence-corrected chi connectivity index (χ2v) is 5.71. The van der Waals surface area contributed by atoms with Crippen LogP contribution in [0.4, 0.5) is 11.5 Å². The van der Waals surface area contributed by atoms with E-state index >= 15 is 0 Å². The summed E-state index contributed by atoms with van der Waals surface area (Å²) in [6.45, 7) is 1.10. The van der Waals surface area contributed by atoms with Gasteiger partial charge in [0.2, 0.25) is 5.91 Å². The van der Waals surface area contributed by atoms with Gasteiger partial charge in [0.05, 0.1) is 18.3 Å². The molecular formula is C16H20ClN5O. The number of halogens is 1. The summed E-state index contributed by atoms with van der Waals surface area (Å²) in [7, 11) is 3.88. The van der Waals surface area contributed by atoms with E-state index in [9.17, 15) is 4.79 Å². The number of hydrogen-bond donors (Lipinski definition) is 2. The summed E-state index contributed by atoms with van der Waals surface area (Å²) in [5, 5.41) is 14.6. The monoisotopic (exact) mass is 333 g/mol. The summed E-state index contributed by atoms with van der Waals surface area (Å²) in [6.07, 6.45) is 2.03. The molecule has 0 atom stereocenters. The highest BCUT2D eigenvalue weighted by Gasteiger charge is 2.03. The predicted octanol–water partition coefficient (Wildman–Crippen LogP) is 1.97. The topological polar surface area (TPSA) is 70.2 Å². The van der Waals surface area contributed by atoms with Gasteiger partial charge < -0.3 is 15.5 Å². The highest BCUT2D eigenvalue weighted by atomic mass is 35.5. The molecule has 2 rings (SSSR count). The molecule has 7 heteroatoms. The SMILES string of the molecule is CN(C)c1cnnc(NCCNC(=O)Cc2ccc(Cl)cc2)c1. The van der Waals surface area contributed by atoms with Gasteiger partial charge in [-0.2, -0.15) is 5.10 Å². The number of rotatable bonds is 7. The fourth-order valence-corrected chi connectivity index (χ4v) is 2.06. The van der Waals surface area contributed by atoms with Crippen LogP contribution < -0.4 is 15.5 Å². The summed E-state index contributed by atoms with van der Waals surface area (Å²) >= 11 is 5.82. The molecule has 0 aliphatic heterocycles. The van der Waals surface area contributed by atoms with Crippen molar-refractivity contribution in [1.29, 1.82) is 0 Å². The maximum atomic E-state index is 11.8. The van der Waals surface area contributed by atoms with Crippen molar-refractivity contribution < 1.29 is 4.79 Å². The Morgan fingerprint density at radius 1 is 1.22 bits per heavy atom. The second-order valence-electron chi connectivity index (χ2n) is 5.27. The molecule has 1 amide bonds. The quantitative estimate of drug-likeness (QED) is 0.758. The molecule has 0 saturated heterocycles. The Bertz CT molecular complexity index is 645. The molecule has 0 saturated carbocycles. The molecule has 2 N–H and O–H groups in total. The van der Waals surface area contributed by atoms with Crippen molar-refractivity contribution in [2.75, 3.05) is 37.4 Å². The van der Waals surface area contributed by atoms with Crippen molar-refractivity contribution in [3.05, 3.63) is 47.1 Å². The van der Waals surface area contributed by atoms with Gasteiger partial charge in [0.15, 0.2) is 5.82 Å². The van der Waals surface area contributed by atoms with Crippen LogP contribution in [0.2, 0.25) is 5.02 Å². The number of nitrogens with one attached hydrogen (secondary N) is 2. The lowest BCUT2D eigenvalue weighted by molar-refractivity contribution is -0.120. The number of nitrogens with zero attached hydrogens (tertiary/aromatic N) is 3. The van der Waals surface area contributed by atoms with Crippen molar-refractivity contribution in [2.24, 2.45) is 0 Å². The van der Waals surface area contributed by atoms with E-state index in [-0.39, 0.29) is 5.91 Å². The van der Waals surface area contributed by atoms with Crippen LogP contribution in [-0.4, -0.2) is 43.3 Å². The summed E-state index contributed by atoms with van der Waals surface area (Å²) in [5.74, 6) is 0.658. The Morgan fingerprint density at radius 3 is 2.65 bits per heavy atom. The Hall–Kier alpha value is -2.34. The average Bonchev–Trinajstić information content (AvgIpc) is 2.54. The molecule has 1 aromatic carbocycles. The van der Waals surface area contributed by atoms with Crippen LogP contribution in [0.15, 0.2) is 36.5 Å². The van der Waals surface area contributed by atoms with Crippen molar-refractivity contribution in [3.63, 3.8) is 0 Å². The minimum atomic E-state index is -0.0257. The molecule has 0 bridgehead atoms. The van der Waals surface area contributed by atoms with Crippen molar-refractivity contribution in [3.8, 4) is 0 Å². The maximum Gasteiger partial charge on any atom is 0.224 e. The lowest BCUT2D eigenvalue weighted by Crippen LogP contribution is -2.30. The molecule has 0 aliphatic rings. The number of carbonyl (C=O) groups excluding carboxylic acids is 1. The van der Waals surface area contributed by atoms with Gasteiger partial charge >= 0.3 is 0 Å². The van der Waals surface area contributed by atoms with Gasteiger partial charge in [0.1, 0.15) is 0 Å². The van der Waals surface area contributed by atoms with E-state index in [1.165, 1.54) is 0 Å². The first-order valence-electron chi connectivity index (χ1n) is 7.29. The number of amides is 1. The molecule has 23 heavy (non-hydrogen) atoms. The van der Waals surface area contributed by atoms with Gasteiger partial charge in [-0.05, 0) is 17.7 Å². The van der Waals surface area contributed by atoms with Crippen LogP contribution in [0.3, 0.4) is 0 Å². The van der Waals surface area contributed by atoms with Gasteiger partial charge in [0.25, 0.3) is 0 Å². The molecule has 0 unspecified atom stereocenters. The molecule has 0 aliphatic carbocycles. The average molecular weight is 334 g/mol. The molecule has 1 aromatic heterocycles. The zero-order chi connectivity index (χ0) is 16.7. The van der Waals surface area contributed by atoms with Gasteiger partial charge in [0, 0.05) is 38.3 Å². The first-order valence-corrected chi connectivity index (χ1v) is 7.67. The molecule has 0 radical (unpaired) electrons. The van der Waals surface area contributed by atoms with Crippen LogP contribution in [0.25, 0.3) is 0 Å². The third-order valence-corrected chi connectivity index (χ3v) is 3.44. The van der Waals surface area contributed by atoms with Crippen molar-refractivity contribution in [2.45, 2.75) is 6.42 Å². The molecule has 2 aromatic rings. The molecule has 0 fully saturated rings. The summed E-state index contributed by atoms with van der Waals surface area (Å²) in [5.41, 5.74) is 1.90. The van der Waals surface area contributed by atoms with E-state index in [0.717, 1.165) is 11.3 Å². The van der Waals surface area contributed by atoms with E-state index in [1.54, 1.807) is 18.3 Å². The van der Waals surface area contributed by atoms with Crippen LogP contribution in [0, 0.1) is 0 Å². The maximum absolute atomic E-state index is 11.8.